The van der Waals surface area contributed by atoms with E-state index in [-0.39, 0.29) is 11.8 Å². The van der Waals surface area contributed by atoms with Gasteiger partial charge in [0.25, 0.3) is 0 Å². The third-order valence-electron chi connectivity index (χ3n) is 7.42. The number of nitrogens with zero attached hydrogens (tertiary/aromatic N) is 5. The van der Waals surface area contributed by atoms with Crippen LogP contribution in [0.3, 0.4) is 0 Å². The topological polar surface area (TPSA) is 66.3 Å². The molecule has 0 spiro atoms. The minimum absolute atomic E-state index is 0.0525. The summed E-state index contributed by atoms with van der Waals surface area (Å²) < 4.78 is 15.8. The zero-order chi connectivity index (χ0) is 24.5. The molecule has 2 aliphatic heterocycles. The van der Waals surface area contributed by atoms with Gasteiger partial charge < -0.3 is 19.7 Å². The monoisotopic (exact) mass is 484 g/mol. The molecule has 36 heavy (non-hydrogen) atoms. The van der Waals surface area contributed by atoms with E-state index in [0.717, 1.165) is 68.9 Å². The zero-order valence-electron chi connectivity index (χ0n) is 20.1. The molecular formula is C28H29FN6O. The van der Waals surface area contributed by atoms with Gasteiger partial charge in [-0.1, -0.05) is 0 Å². The molecular weight excluding hydrogens is 455 g/mol. The molecule has 2 aromatic carbocycles. The molecule has 0 radical (unpaired) electrons. The lowest BCUT2D eigenvalue weighted by Gasteiger charge is -2.32. The van der Waals surface area contributed by atoms with Crippen LogP contribution in [0.2, 0.25) is 0 Å². The Morgan fingerprint density at radius 1 is 0.972 bits per heavy atom. The van der Waals surface area contributed by atoms with Gasteiger partial charge in [0.05, 0.1) is 5.52 Å². The van der Waals surface area contributed by atoms with Crippen LogP contribution in [0.4, 0.5) is 9.18 Å². The quantitative estimate of drug-likeness (QED) is 0.440. The smallest absolute Gasteiger partial charge is 0.317 e. The highest BCUT2D eigenvalue weighted by molar-refractivity contribution is 5.89. The molecule has 2 aromatic heterocycles. The van der Waals surface area contributed by atoms with Gasteiger partial charge in [-0.2, -0.15) is 0 Å². The second kappa shape index (κ2) is 9.70. The fourth-order valence-corrected chi connectivity index (χ4v) is 5.44. The molecule has 0 aliphatic carbocycles. The first-order chi connectivity index (χ1) is 17.7. The SMILES string of the molecule is O=C1NCCN1CCN1CCC(c2cn(-c3ccc(F)cc3)c3ccc(-c4ncccn4)cc23)CC1. The van der Waals surface area contributed by atoms with E-state index in [1.807, 2.05) is 23.1 Å². The predicted molar refractivity (Wildman–Crippen MR) is 138 cm³/mol. The lowest BCUT2D eigenvalue weighted by Crippen LogP contribution is -2.40. The summed E-state index contributed by atoms with van der Waals surface area (Å²) in [5.41, 5.74) is 4.34. The van der Waals surface area contributed by atoms with Gasteiger partial charge in [-0.3, -0.25) is 0 Å². The molecule has 4 aromatic rings. The molecule has 0 saturated carbocycles. The number of benzene rings is 2. The molecule has 7 nitrogen and oxygen atoms in total. The number of halogens is 1. The zero-order valence-corrected chi connectivity index (χ0v) is 20.1. The second-order valence-corrected chi connectivity index (χ2v) is 9.57. The van der Waals surface area contributed by atoms with Crippen LogP contribution in [0, 0.1) is 5.82 Å². The van der Waals surface area contributed by atoms with Crippen molar-refractivity contribution in [2.75, 3.05) is 39.3 Å². The fraction of sp³-hybridized carbons (Fsp3) is 0.321. The minimum Gasteiger partial charge on any atom is -0.336 e. The van der Waals surface area contributed by atoms with Gasteiger partial charge in [0, 0.05) is 61.4 Å². The summed E-state index contributed by atoms with van der Waals surface area (Å²) in [6.07, 6.45) is 7.86. The Morgan fingerprint density at radius 3 is 2.47 bits per heavy atom. The van der Waals surface area contributed by atoms with E-state index in [0.29, 0.717) is 11.7 Å². The number of nitrogens with one attached hydrogen (secondary N) is 1. The summed E-state index contributed by atoms with van der Waals surface area (Å²) in [6.45, 7) is 5.24. The molecule has 0 bridgehead atoms. The third kappa shape index (κ3) is 4.44. The van der Waals surface area contributed by atoms with E-state index in [1.54, 1.807) is 12.4 Å². The molecule has 4 heterocycles. The molecule has 8 heteroatoms. The number of carbonyl (C=O) groups excluding carboxylic acids is 1. The maximum Gasteiger partial charge on any atom is 0.317 e. The number of hydrogen-bond donors (Lipinski definition) is 1. The van der Waals surface area contributed by atoms with Crippen LogP contribution in [0.15, 0.2) is 67.1 Å². The van der Waals surface area contributed by atoms with Crippen LogP contribution in [0.5, 0.6) is 0 Å². The first-order valence-electron chi connectivity index (χ1n) is 12.6. The highest BCUT2D eigenvalue weighted by atomic mass is 19.1. The first kappa shape index (κ1) is 22.7. The van der Waals surface area contributed by atoms with E-state index in [9.17, 15) is 9.18 Å². The van der Waals surface area contributed by atoms with E-state index >= 15 is 0 Å². The average molecular weight is 485 g/mol. The van der Waals surface area contributed by atoms with Crippen LogP contribution in [-0.2, 0) is 0 Å². The Bertz CT molecular complexity index is 1360. The molecule has 184 valence electrons. The Morgan fingerprint density at radius 2 is 1.75 bits per heavy atom. The van der Waals surface area contributed by atoms with Crippen LogP contribution < -0.4 is 5.32 Å². The first-order valence-corrected chi connectivity index (χ1v) is 12.6. The van der Waals surface area contributed by atoms with E-state index < -0.39 is 0 Å². The molecule has 6 rings (SSSR count). The maximum atomic E-state index is 13.6. The molecule has 0 unspecified atom stereocenters. The van der Waals surface area contributed by atoms with Gasteiger partial charge in [0.15, 0.2) is 5.82 Å². The molecule has 2 aliphatic rings. The van der Waals surface area contributed by atoms with Crippen LogP contribution in [0.25, 0.3) is 28.0 Å². The average Bonchev–Trinajstić information content (AvgIpc) is 3.51. The Labute approximate surface area is 209 Å². The number of carbonyl (C=O) groups is 1. The lowest BCUT2D eigenvalue weighted by atomic mass is 9.89. The number of fused-ring (bicyclic) bond motifs is 1. The molecule has 2 amide bonds. The van der Waals surface area contributed by atoms with Crippen molar-refractivity contribution in [1.29, 1.82) is 0 Å². The van der Waals surface area contributed by atoms with Crippen molar-refractivity contribution in [3.63, 3.8) is 0 Å². The number of likely N-dealkylation sites (tertiary alicyclic amines) is 1. The predicted octanol–water partition coefficient (Wildman–Crippen LogP) is 4.43. The number of hydrogen-bond acceptors (Lipinski definition) is 4. The van der Waals surface area contributed by atoms with Crippen molar-refractivity contribution in [2.24, 2.45) is 0 Å². The lowest BCUT2D eigenvalue weighted by molar-refractivity contribution is 0.181. The highest BCUT2D eigenvalue weighted by Crippen LogP contribution is 2.37. The van der Waals surface area contributed by atoms with Crippen molar-refractivity contribution in [3.8, 4) is 17.1 Å². The molecule has 2 saturated heterocycles. The Balaban J connectivity index is 1.28. The molecule has 1 N–H and O–H groups in total. The Kier molecular flexibility index (Phi) is 6.11. The van der Waals surface area contributed by atoms with Gasteiger partial charge in [-0.15, -0.1) is 0 Å². The fourth-order valence-electron chi connectivity index (χ4n) is 5.44. The molecule has 0 atom stereocenters. The van der Waals surface area contributed by atoms with Crippen molar-refractivity contribution in [3.05, 3.63) is 78.5 Å². The number of rotatable bonds is 6. The number of amides is 2. The van der Waals surface area contributed by atoms with Crippen molar-refractivity contribution < 1.29 is 9.18 Å². The number of piperidine rings is 1. The summed E-state index contributed by atoms with van der Waals surface area (Å²) in [5.74, 6) is 0.894. The summed E-state index contributed by atoms with van der Waals surface area (Å²) in [7, 11) is 0. The number of urea groups is 1. The minimum atomic E-state index is -0.238. The summed E-state index contributed by atoms with van der Waals surface area (Å²) >= 11 is 0. The maximum absolute atomic E-state index is 13.6. The van der Waals surface area contributed by atoms with E-state index in [1.165, 1.54) is 23.1 Å². The van der Waals surface area contributed by atoms with E-state index in [4.69, 9.17) is 0 Å². The summed E-state index contributed by atoms with van der Waals surface area (Å²) in [4.78, 5) is 25.1. The van der Waals surface area contributed by atoms with Crippen LogP contribution >= 0.6 is 0 Å². The second-order valence-electron chi connectivity index (χ2n) is 9.57. The van der Waals surface area contributed by atoms with Gasteiger partial charge in [-0.05, 0) is 85.9 Å². The van der Waals surface area contributed by atoms with Crippen molar-refractivity contribution in [2.45, 2.75) is 18.8 Å². The molecule has 2 fully saturated rings. The van der Waals surface area contributed by atoms with Crippen molar-refractivity contribution in [1.82, 2.24) is 29.7 Å². The van der Waals surface area contributed by atoms with Crippen molar-refractivity contribution >= 4 is 16.9 Å². The number of aromatic nitrogens is 3. The van der Waals surface area contributed by atoms with Crippen LogP contribution in [0.1, 0.15) is 24.3 Å². The summed E-state index contributed by atoms with van der Waals surface area (Å²) in [6, 6.07) is 14.9. The van der Waals surface area contributed by atoms with E-state index in [2.05, 4.69) is 49.1 Å². The standard InChI is InChI=1S/C28H29FN6O/c29-22-3-5-23(6-4-22)35-19-25(24-18-21(2-7-26(24)35)27-30-10-1-11-31-27)20-8-13-33(14-9-20)16-17-34-15-12-32-28(34)36/h1-7,10-11,18-20H,8-9,12-17H2,(H,32,36). The normalized spacial score (nSPS) is 17.1. The van der Waals surface area contributed by atoms with Gasteiger partial charge in [-0.25, -0.2) is 19.2 Å². The third-order valence-corrected chi connectivity index (χ3v) is 7.42. The van der Waals surface area contributed by atoms with Gasteiger partial charge in [0.1, 0.15) is 5.82 Å². The van der Waals surface area contributed by atoms with Gasteiger partial charge in [0.2, 0.25) is 0 Å². The van der Waals surface area contributed by atoms with Crippen LogP contribution in [-0.4, -0.2) is 69.6 Å². The highest BCUT2D eigenvalue weighted by Gasteiger charge is 2.26. The Hall–Kier alpha value is -3.78. The summed E-state index contributed by atoms with van der Waals surface area (Å²) in [5, 5.41) is 4.07. The largest absolute Gasteiger partial charge is 0.336 e. The van der Waals surface area contributed by atoms with Gasteiger partial charge >= 0.3 is 6.03 Å².